The van der Waals surface area contributed by atoms with E-state index in [1.165, 1.54) is 38.5 Å². The molecular formula is C37H71N3O4. The number of ether oxygens (including phenoxy) is 4. The summed E-state index contributed by atoms with van der Waals surface area (Å²) in [6.07, 6.45) is 14.9. The zero-order valence-electron chi connectivity index (χ0n) is 29.9. The van der Waals surface area contributed by atoms with Crippen LogP contribution >= 0.6 is 0 Å². The van der Waals surface area contributed by atoms with Gasteiger partial charge in [0.05, 0.1) is 25.4 Å². The summed E-state index contributed by atoms with van der Waals surface area (Å²) in [5, 5.41) is 6.39. The molecular weight excluding hydrogens is 550 g/mol. The topological polar surface area (TPSA) is 64.2 Å². The highest BCUT2D eigenvalue weighted by Gasteiger charge is 2.41. The zero-order chi connectivity index (χ0) is 32.4. The molecule has 44 heavy (non-hydrogen) atoms. The molecule has 2 N–H and O–H groups in total. The van der Waals surface area contributed by atoms with Crippen LogP contribution in [0.5, 0.6) is 0 Å². The Morgan fingerprint density at radius 3 is 1.61 bits per heavy atom. The first kappa shape index (κ1) is 38.7. The Morgan fingerprint density at radius 2 is 1.18 bits per heavy atom. The highest BCUT2D eigenvalue weighted by Crippen LogP contribution is 2.49. The SMILES string of the molecule is C=C(NCC)OC(CC)COC1CCC(C(C)(C)C2CCC(OCC(CN(CCC)CCCC)OC(=C)NCC)CC2)CC1. The number of nitrogens with zero attached hydrogens (tertiary/aromatic N) is 1. The van der Waals surface area contributed by atoms with Crippen LogP contribution in [0, 0.1) is 17.3 Å². The van der Waals surface area contributed by atoms with Crippen molar-refractivity contribution in [2.75, 3.05) is 45.9 Å². The molecule has 2 aliphatic carbocycles. The molecule has 2 fully saturated rings. The second-order valence-electron chi connectivity index (χ2n) is 13.9. The molecule has 0 aliphatic heterocycles. The summed E-state index contributed by atoms with van der Waals surface area (Å²) in [6, 6.07) is 0. The standard InChI is InChI=1S/C37H71N3O4/c1-10-15-25-40(24-11-2)26-36(44-30(7)39-14-5)28-42-35-22-18-32(19-23-35)37(8,9)31-16-20-34(21-17-31)41-27-33(12-3)43-29(6)38-13-4/h31-36,38-39H,6-7,10-28H2,1-5,8-9H3. The van der Waals surface area contributed by atoms with E-state index in [4.69, 9.17) is 18.9 Å². The number of rotatable bonds is 24. The Hall–Kier alpha value is -1.44. The first-order valence-corrected chi connectivity index (χ1v) is 18.3. The summed E-state index contributed by atoms with van der Waals surface area (Å²) < 4.78 is 25.1. The van der Waals surface area contributed by atoms with E-state index in [0.717, 1.165) is 83.1 Å². The molecule has 0 aromatic carbocycles. The molecule has 258 valence electrons. The van der Waals surface area contributed by atoms with Crippen LogP contribution in [0.1, 0.15) is 126 Å². The van der Waals surface area contributed by atoms with Crippen molar-refractivity contribution in [3.8, 4) is 0 Å². The van der Waals surface area contributed by atoms with Crippen molar-refractivity contribution in [2.24, 2.45) is 17.3 Å². The van der Waals surface area contributed by atoms with Gasteiger partial charge in [0, 0.05) is 19.6 Å². The van der Waals surface area contributed by atoms with E-state index >= 15 is 0 Å². The largest absolute Gasteiger partial charge is 0.474 e. The van der Waals surface area contributed by atoms with Crippen molar-refractivity contribution in [3.63, 3.8) is 0 Å². The lowest BCUT2D eigenvalue weighted by Crippen LogP contribution is -2.41. The number of nitrogens with one attached hydrogen (secondary N) is 2. The predicted molar refractivity (Wildman–Crippen MR) is 184 cm³/mol. The van der Waals surface area contributed by atoms with Crippen LogP contribution in [0.4, 0.5) is 0 Å². The lowest BCUT2D eigenvalue weighted by molar-refractivity contribution is -0.0702. The van der Waals surface area contributed by atoms with Crippen molar-refractivity contribution in [3.05, 3.63) is 24.9 Å². The van der Waals surface area contributed by atoms with Gasteiger partial charge in [0.15, 0.2) is 11.8 Å². The molecule has 0 saturated heterocycles. The molecule has 0 aromatic heterocycles. The van der Waals surface area contributed by atoms with E-state index in [2.05, 4.69) is 77.2 Å². The van der Waals surface area contributed by atoms with Gasteiger partial charge in [0.25, 0.3) is 0 Å². The van der Waals surface area contributed by atoms with E-state index < -0.39 is 0 Å². The minimum absolute atomic E-state index is 0.00233. The van der Waals surface area contributed by atoms with Crippen LogP contribution in [0.3, 0.4) is 0 Å². The van der Waals surface area contributed by atoms with Gasteiger partial charge in [-0.2, -0.15) is 0 Å². The molecule has 0 bridgehead atoms. The Kier molecular flexibility index (Phi) is 18.8. The third-order valence-electron chi connectivity index (χ3n) is 10.1. The molecule has 7 nitrogen and oxygen atoms in total. The van der Waals surface area contributed by atoms with Gasteiger partial charge in [-0.15, -0.1) is 0 Å². The summed E-state index contributed by atoms with van der Waals surface area (Å²) in [7, 11) is 0. The number of hydrogen-bond acceptors (Lipinski definition) is 7. The molecule has 7 heteroatoms. The van der Waals surface area contributed by atoms with Crippen LogP contribution in [0.2, 0.25) is 0 Å². The minimum atomic E-state index is 0.00233. The summed E-state index contributed by atoms with van der Waals surface area (Å²) in [4.78, 5) is 2.54. The molecule has 0 radical (unpaired) electrons. The fourth-order valence-electron chi connectivity index (χ4n) is 7.29. The zero-order valence-corrected chi connectivity index (χ0v) is 29.9. The summed E-state index contributed by atoms with van der Waals surface area (Å²) in [6.45, 7) is 30.0. The van der Waals surface area contributed by atoms with Gasteiger partial charge in [0.2, 0.25) is 0 Å². The van der Waals surface area contributed by atoms with Crippen LogP contribution in [0.25, 0.3) is 0 Å². The van der Waals surface area contributed by atoms with E-state index in [1.54, 1.807) is 0 Å². The molecule has 2 aliphatic rings. The maximum Gasteiger partial charge on any atom is 0.179 e. The lowest BCUT2D eigenvalue weighted by Gasteiger charge is -2.46. The third kappa shape index (κ3) is 13.9. The van der Waals surface area contributed by atoms with Crippen LogP contribution in [-0.4, -0.2) is 75.3 Å². The molecule has 2 unspecified atom stereocenters. The Labute approximate surface area is 272 Å². The summed E-state index contributed by atoms with van der Waals surface area (Å²) in [5.41, 5.74) is 0.351. The molecule has 2 saturated carbocycles. The number of unbranched alkanes of at least 4 members (excludes halogenated alkanes) is 1. The molecule has 0 aromatic rings. The van der Waals surface area contributed by atoms with Gasteiger partial charge in [-0.3, -0.25) is 4.90 Å². The average molecular weight is 622 g/mol. The fraction of sp³-hybridized carbons (Fsp3) is 0.892. The quantitative estimate of drug-likeness (QED) is 0.106. The van der Waals surface area contributed by atoms with Crippen molar-refractivity contribution in [1.82, 2.24) is 15.5 Å². The number of hydrogen-bond donors (Lipinski definition) is 2. The molecule has 0 amide bonds. The minimum Gasteiger partial charge on any atom is -0.474 e. The van der Waals surface area contributed by atoms with Crippen molar-refractivity contribution in [1.29, 1.82) is 0 Å². The normalized spacial score (nSPS) is 24.0. The highest BCUT2D eigenvalue weighted by molar-refractivity contribution is 4.91. The Morgan fingerprint density at radius 1 is 0.705 bits per heavy atom. The fourth-order valence-corrected chi connectivity index (χ4v) is 7.29. The predicted octanol–water partition coefficient (Wildman–Crippen LogP) is 8.02. The van der Waals surface area contributed by atoms with E-state index in [9.17, 15) is 0 Å². The monoisotopic (exact) mass is 622 g/mol. The molecule has 0 spiro atoms. The summed E-state index contributed by atoms with van der Waals surface area (Å²) >= 11 is 0. The summed E-state index contributed by atoms with van der Waals surface area (Å²) in [5.74, 6) is 2.83. The van der Waals surface area contributed by atoms with Crippen molar-refractivity contribution >= 4 is 0 Å². The molecule has 0 heterocycles. The second kappa shape index (κ2) is 21.4. The van der Waals surface area contributed by atoms with Crippen LogP contribution < -0.4 is 10.6 Å². The Bertz CT molecular complexity index is 775. The van der Waals surface area contributed by atoms with E-state index in [-0.39, 0.29) is 12.2 Å². The molecule has 2 rings (SSSR count). The third-order valence-corrected chi connectivity index (χ3v) is 10.1. The van der Waals surface area contributed by atoms with E-state index in [0.29, 0.717) is 42.6 Å². The lowest BCUT2D eigenvalue weighted by atomic mass is 9.60. The first-order valence-electron chi connectivity index (χ1n) is 18.3. The first-order chi connectivity index (χ1) is 21.2. The highest BCUT2D eigenvalue weighted by atomic mass is 16.6. The van der Waals surface area contributed by atoms with Crippen LogP contribution in [-0.2, 0) is 18.9 Å². The van der Waals surface area contributed by atoms with Gasteiger partial charge in [-0.1, -0.05) is 41.0 Å². The maximum absolute atomic E-state index is 6.56. The van der Waals surface area contributed by atoms with E-state index in [1.807, 2.05) is 0 Å². The average Bonchev–Trinajstić information content (AvgIpc) is 3.01. The van der Waals surface area contributed by atoms with Gasteiger partial charge >= 0.3 is 0 Å². The van der Waals surface area contributed by atoms with Gasteiger partial charge in [0.1, 0.15) is 12.2 Å². The molecule has 2 atom stereocenters. The smallest absolute Gasteiger partial charge is 0.179 e. The van der Waals surface area contributed by atoms with Crippen molar-refractivity contribution in [2.45, 2.75) is 150 Å². The maximum atomic E-state index is 6.56. The van der Waals surface area contributed by atoms with Gasteiger partial charge < -0.3 is 29.6 Å². The van der Waals surface area contributed by atoms with Crippen molar-refractivity contribution < 1.29 is 18.9 Å². The Balaban J connectivity index is 1.80. The second-order valence-corrected chi connectivity index (χ2v) is 13.9. The van der Waals surface area contributed by atoms with Crippen LogP contribution in [0.15, 0.2) is 24.9 Å². The van der Waals surface area contributed by atoms with Gasteiger partial charge in [-0.05, 0) is 128 Å². The van der Waals surface area contributed by atoms with Gasteiger partial charge in [-0.25, -0.2) is 0 Å².